The van der Waals surface area contributed by atoms with Crippen LogP contribution in [0.4, 0.5) is 0 Å². The molecule has 0 fully saturated rings. The van der Waals surface area contributed by atoms with Crippen molar-refractivity contribution in [2.45, 2.75) is 348 Å². The Morgan fingerprint density at radius 3 is 0.840 bits per heavy atom. The number of hydrogen-bond acceptors (Lipinski definition) is 6. The Bertz CT molecular complexity index is 1580. The van der Waals surface area contributed by atoms with Gasteiger partial charge in [-0.15, -0.1) is 0 Å². The lowest BCUT2D eigenvalue weighted by Gasteiger charge is -2.18. The van der Waals surface area contributed by atoms with E-state index in [1.165, 1.54) is 218 Å². The van der Waals surface area contributed by atoms with E-state index in [9.17, 15) is 14.4 Å². The smallest absolute Gasteiger partial charge is 0.306 e. The largest absolute Gasteiger partial charge is 0.462 e. The van der Waals surface area contributed by atoms with Crippen molar-refractivity contribution in [1.29, 1.82) is 0 Å². The molecular weight excluding hydrogens is 997 g/mol. The number of ether oxygens (including phenoxy) is 3. The number of esters is 3. The van der Waals surface area contributed by atoms with Crippen molar-refractivity contribution in [3.05, 3.63) is 97.2 Å². The predicted octanol–water partition coefficient (Wildman–Crippen LogP) is 24.0. The predicted molar refractivity (Wildman–Crippen MR) is 353 cm³/mol. The molecule has 466 valence electrons. The average molecular weight is 1130 g/mol. The van der Waals surface area contributed by atoms with Crippen molar-refractivity contribution in [3.8, 4) is 0 Å². The SMILES string of the molecule is CC/C=C\C/C=C\C/C=C\C/C=C\CCC(=O)OCC(COC(=O)CCCCCCCCCCCCCCCC/C=C\C/C=C\C/C=C\CCCCCCC)OC(=O)CCCCCCCCCCC/C=C\CCCCCCCCCC. The van der Waals surface area contributed by atoms with E-state index >= 15 is 0 Å². The van der Waals surface area contributed by atoms with E-state index in [0.29, 0.717) is 19.3 Å². The third kappa shape index (κ3) is 67.0. The van der Waals surface area contributed by atoms with Crippen LogP contribution in [0.2, 0.25) is 0 Å². The molecule has 0 aromatic rings. The summed E-state index contributed by atoms with van der Waals surface area (Å²) in [4.78, 5) is 38.3. The molecule has 6 nitrogen and oxygen atoms in total. The Kier molecular flexibility index (Phi) is 65.7. The number of carbonyl (C=O) groups is 3. The molecule has 81 heavy (non-hydrogen) atoms. The molecule has 0 saturated heterocycles. The molecule has 0 bridgehead atoms. The standard InChI is InChI=1S/C75H130O6/c1-4-7-10-13-16-19-22-25-27-29-31-33-34-35-36-37-38-39-40-42-43-45-47-50-53-56-59-62-65-68-74(77)80-71-72(70-79-73(76)67-64-61-58-55-52-49-24-21-18-15-12-9-6-3)81-75(78)69-66-63-60-57-54-51-48-46-44-41-32-30-28-26-23-20-17-14-11-8-5-2/h9,12,18,21-22,25,29-32,34-35,49,52,58,61,72H,4-8,10-11,13-17,19-20,23-24,26-28,33,36-48,50-51,53-57,59-60,62-71H2,1-3H3/b12-9-,21-18-,25-22-,31-29-,32-30-,35-34-,52-49-,61-58-. The molecule has 0 aliphatic heterocycles. The van der Waals surface area contributed by atoms with E-state index in [2.05, 4.69) is 112 Å². The summed E-state index contributed by atoms with van der Waals surface area (Å²) in [5, 5.41) is 0. The lowest BCUT2D eigenvalue weighted by Crippen LogP contribution is -2.30. The summed E-state index contributed by atoms with van der Waals surface area (Å²) in [6.45, 7) is 6.48. The molecule has 0 radical (unpaired) electrons. The highest BCUT2D eigenvalue weighted by atomic mass is 16.6. The second kappa shape index (κ2) is 68.8. The van der Waals surface area contributed by atoms with Gasteiger partial charge in [0.1, 0.15) is 13.2 Å². The zero-order valence-electron chi connectivity index (χ0n) is 53.5. The Labute approximate surface area is 502 Å². The van der Waals surface area contributed by atoms with Gasteiger partial charge >= 0.3 is 17.9 Å². The van der Waals surface area contributed by atoms with Crippen LogP contribution in [0.3, 0.4) is 0 Å². The second-order valence-corrected chi connectivity index (χ2v) is 23.1. The van der Waals surface area contributed by atoms with Gasteiger partial charge in [0.05, 0.1) is 0 Å². The third-order valence-corrected chi connectivity index (χ3v) is 15.1. The van der Waals surface area contributed by atoms with Gasteiger partial charge in [-0.3, -0.25) is 14.4 Å². The maximum Gasteiger partial charge on any atom is 0.306 e. The molecule has 1 unspecified atom stereocenters. The van der Waals surface area contributed by atoms with Crippen LogP contribution in [-0.4, -0.2) is 37.2 Å². The van der Waals surface area contributed by atoms with Crippen LogP contribution < -0.4 is 0 Å². The van der Waals surface area contributed by atoms with Gasteiger partial charge in [-0.25, -0.2) is 0 Å². The molecule has 0 spiro atoms. The van der Waals surface area contributed by atoms with E-state index in [-0.39, 0.29) is 37.5 Å². The Morgan fingerprint density at radius 2 is 0.506 bits per heavy atom. The molecule has 0 rings (SSSR count). The molecule has 0 N–H and O–H groups in total. The summed E-state index contributed by atoms with van der Waals surface area (Å²) in [5.74, 6) is -0.974. The van der Waals surface area contributed by atoms with E-state index in [1.807, 2.05) is 6.08 Å². The fraction of sp³-hybridized carbons (Fsp3) is 0.747. The number of rotatable bonds is 63. The van der Waals surface area contributed by atoms with Gasteiger partial charge in [-0.05, 0) is 109 Å². The summed E-state index contributed by atoms with van der Waals surface area (Å²) in [7, 11) is 0. The van der Waals surface area contributed by atoms with Crippen molar-refractivity contribution in [1.82, 2.24) is 0 Å². The van der Waals surface area contributed by atoms with Gasteiger partial charge in [0.2, 0.25) is 0 Å². The maximum atomic E-state index is 12.9. The molecule has 0 aliphatic rings. The zero-order chi connectivity index (χ0) is 58.5. The average Bonchev–Trinajstić information content (AvgIpc) is 3.46. The minimum Gasteiger partial charge on any atom is -0.462 e. The normalized spacial score (nSPS) is 12.7. The molecule has 0 heterocycles. The third-order valence-electron chi connectivity index (χ3n) is 15.1. The van der Waals surface area contributed by atoms with Gasteiger partial charge in [0.25, 0.3) is 0 Å². The van der Waals surface area contributed by atoms with E-state index in [1.54, 1.807) is 0 Å². The quantitative estimate of drug-likeness (QED) is 0.0261. The van der Waals surface area contributed by atoms with Crippen molar-refractivity contribution >= 4 is 17.9 Å². The van der Waals surface area contributed by atoms with Crippen molar-refractivity contribution in [2.24, 2.45) is 0 Å². The number of unbranched alkanes of at least 4 members (excludes halogenated alkanes) is 36. The van der Waals surface area contributed by atoms with Gasteiger partial charge < -0.3 is 14.2 Å². The zero-order valence-corrected chi connectivity index (χ0v) is 53.5. The van der Waals surface area contributed by atoms with Crippen molar-refractivity contribution < 1.29 is 28.6 Å². The Hall–Kier alpha value is -3.67. The van der Waals surface area contributed by atoms with Gasteiger partial charge in [0.15, 0.2) is 6.10 Å². The molecule has 0 aromatic heterocycles. The molecule has 0 aliphatic carbocycles. The van der Waals surface area contributed by atoms with Crippen molar-refractivity contribution in [2.75, 3.05) is 13.2 Å². The first-order chi connectivity index (χ1) is 40.0. The van der Waals surface area contributed by atoms with Crippen LogP contribution in [0, 0.1) is 0 Å². The first-order valence-corrected chi connectivity index (χ1v) is 34.7. The lowest BCUT2D eigenvalue weighted by molar-refractivity contribution is -0.166. The molecule has 0 saturated carbocycles. The van der Waals surface area contributed by atoms with Gasteiger partial charge in [0, 0.05) is 19.3 Å². The summed E-state index contributed by atoms with van der Waals surface area (Å²) in [5.41, 5.74) is 0. The summed E-state index contributed by atoms with van der Waals surface area (Å²) >= 11 is 0. The minimum atomic E-state index is -0.809. The summed E-state index contributed by atoms with van der Waals surface area (Å²) in [6, 6.07) is 0. The topological polar surface area (TPSA) is 78.9 Å². The first kappa shape index (κ1) is 77.3. The van der Waals surface area contributed by atoms with Gasteiger partial charge in [-0.2, -0.15) is 0 Å². The summed E-state index contributed by atoms with van der Waals surface area (Å²) < 4.78 is 16.9. The maximum absolute atomic E-state index is 12.9. The van der Waals surface area contributed by atoms with Crippen molar-refractivity contribution in [3.63, 3.8) is 0 Å². The van der Waals surface area contributed by atoms with E-state index in [4.69, 9.17) is 14.2 Å². The second-order valence-electron chi connectivity index (χ2n) is 23.1. The molecular formula is C75H130O6. The van der Waals surface area contributed by atoms with Gasteiger partial charge in [-0.1, -0.05) is 311 Å². The highest BCUT2D eigenvalue weighted by Crippen LogP contribution is 2.17. The van der Waals surface area contributed by atoms with Crippen LogP contribution in [-0.2, 0) is 28.6 Å². The van der Waals surface area contributed by atoms with Crippen LogP contribution in [0.25, 0.3) is 0 Å². The number of allylic oxidation sites excluding steroid dienone is 16. The summed E-state index contributed by atoms with van der Waals surface area (Å²) in [6.07, 6.45) is 93.1. The molecule has 0 amide bonds. The van der Waals surface area contributed by atoms with E-state index < -0.39 is 6.10 Å². The molecule has 6 heteroatoms. The first-order valence-electron chi connectivity index (χ1n) is 34.7. The highest BCUT2D eigenvalue weighted by Gasteiger charge is 2.19. The fourth-order valence-corrected chi connectivity index (χ4v) is 9.87. The Morgan fingerprint density at radius 1 is 0.259 bits per heavy atom. The van der Waals surface area contributed by atoms with Crippen LogP contribution in [0.5, 0.6) is 0 Å². The Balaban J connectivity index is 4.28. The number of carbonyl (C=O) groups excluding carboxylic acids is 3. The number of hydrogen-bond donors (Lipinski definition) is 0. The molecule has 0 aromatic carbocycles. The molecule has 1 atom stereocenters. The van der Waals surface area contributed by atoms with Crippen LogP contribution >= 0.6 is 0 Å². The fourth-order valence-electron chi connectivity index (χ4n) is 9.87. The van der Waals surface area contributed by atoms with Crippen LogP contribution in [0.15, 0.2) is 97.2 Å². The monoisotopic (exact) mass is 1130 g/mol. The lowest BCUT2D eigenvalue weighted by atomic mass is 10.0. The van der Waals surface area contributed by atoms with E-state index in [0.717, 1.165) is 77.0 Å². The highest BCUT2D eigenvalue weighted by molar-refractivity contribution is 5.71. The van der Waals surface area contributed by atoms with Crippen LogP contribution in [0.1, 0.15) is 342 Å². The minimum absolute atomic E-state index is 0.0990.